The van der Waals surface area contributed by atoms with E-state index in [0.29, 0.717) is 13.2 Å². The Morgan fingerprint density at radius 1 is 1.30 bits per heavy atom. The zero-order valence-electron chi connectivity index (χ0n) is 11.7. The molecule has 0 aliphatic carbocycles. The second-order valence-corrected chi connectivity index (χ2v) is 4.06. The zero-order chi connectivity index (χ0) is 14.8. The molecular weight excluding hydrogens is 258 g/mol. The molecule has 5 nitrogen and oxygen atoms in total. The van der Waals surface area contributed by atoms with Crippen molar-refractivity contribution in [3.63, 3.8) is 0 Å². The highest BCUT2D eigenvalue weighted by Gasteiger charge is 2.06. The third-order valence-corrected chi connectivity index (χ3v) is 2.36. The molecule has 0 saturated heterocycles. The van der Waals surface area contributed by atoms with Gasteiger partial charge < -0.3 is 14.8 Å². The predicted molar refractivity (Wildman–Crippen MR) is 75.0 cm³/mol. The molecule has 1 N–H and O–H groups in total. The van der Waals surface area contributed by atoms with Gasteiger partial charge in [0.05, 0.1) is 6.61 Å². The van der Waals surface area contributed by atoms with Crippen LogP contribution in [0.15, 0.2) is 42.5 Å². The molecule has 0 aromatic heterocycles. The van der Waals surface area contributed by atoms with Crippen LogP contribution in [0.2, 0.25) is 0 Å². The molecule has 1 unspecified atom stereocenters. The first-order valence-electron chi connectivity index (χ1n) is 6.45. The fourth-order valence-electron chi connectivity index (χ4n) is 1.42. The maximum Gasteiger partial charge on any atom is 0.407 e. The molecule has 108 valence electrons. The molecule has 0 aliphatic rings. The average Bonchev–Trinajstić information content (AvgIpc) is 2.44. The molecular formula is C15H19NO4. The van der Waals surface area contributed by atoms with Crippen molar-refractivity contribution in [3.8, 4) is 0 Å². The minimum Gasteiger partial charge on any atom is -0.463 e. The second kappa shape index (κ2) is 8.74. The summed E-state index contributed by atoms with van der Waals surface area (Å²) in [6.45, 7) is 4.10. The molecule has 1 amide bonds. The zero-order valence-corrected chi connectivity index (χ0v) is 11.7. The van der Waals surface area contributed by atoms with Crippen LogP contribution in [-0.4, -0.2) is 24.8 Å². The molecule has 0 bridgehead atoms. The smallest absolute Gasteiger partial charge is 0.407 e. The minimum absolute atomic E-state index is 0.315. The summed E-state index contributed by atoms with van der Waals surface area (Å²) >= 11 is 0. The van der Waals surface area contributed by atoms with Crippen LogP contribution >= 0.6 is 0 Å². The third-order valence-electron chi connectivity index (χ3n) is 2.36. The van der Waals surface area contributed by atoms with Gasteiger partial charge in [-0.05, 0) is 25.5 Å². The lowest BCUT2D eigenvalue weighted by atomic mass is 10.2. The summed E-state index contributed by atoms with van der Waals surface area (Å²) in [5.41, 5.74) is 0.985. The van der Waals surface area contributed by atoms with E-state index in [1.165, 1.54) is 12.2 Å². The van der Waals surface area contributed by atoms with Crippen LogP contribution in [0.4, 0.5) is 4.79 Å². The Bertz CT molecular complexity index is 456. The van der Waals surface area contributed by atoms with E-state index in [1.807, 2.05) is 30.3 Å². The van der Waals surface area contributed by atoms with E-state index in [1.54, 1.807) is 13.8 Å². The number of carbonyl (C=O) groups is 2. The van der Waals surface area contributed by atoms with Crippen molar-refractivity contribution in [2.24, 2.45) is 0 Å². The van der Waals surface area contributed by atoms with Crippen molar-refractivity contribution in [3.05, 3.63) is 48.0 Å². The molecule has 0 aliphatic heterocycles. The van der Waals surface area contributed by atoms with Crippen LogP contribution in [0.25, 0.3) is 0 Å². The SMILES string of the molecule is CCOC(=O)/C=C/C(C)OC(=O)NCc1ccccc1. The number of alkyl carbamates (subject to hydrolysis) is 1. The van der Waals surface area contributed by atoms with Gasteiger partial charge in [0, 0.05) is 12.6 Å². The standard InChI is InChI=1S/C15H19NO4/c1-3-19-14(17)10-9-12(2)20-15(18)16-11-13-7-5-4-6-8-13/h4-10,12H,3,11H2,1-2H3,(H,16,18)/b10-9+. The summed E-state index contributed by atoms with van der Waals surface area (Å²) in [5.74, 6) is -0.451. The van der Waals surface area contributed by atoms with Crippen LogP contribution in [0.1, 0.15) is 19.4 Å². The number of rotatable bonds is 6. The lowest BCUT2D eigenvalue weighted by molar-refractivity contribution is -0.137. The summed E-state index contributed by atoms with van der Waals surface area (Å²) in [6, 6.07) is 9.51. The Kier molecular flexibility index (Phi) is 6.89. The van der Waals surface area contributed by atoms with Gasteiger partial charge in [0.25, 0.3) is 0 Å². The average molecular weight is 277 g/mol. The van der Waals surface area contributed by atoms with Crippen LogP contribution in [0, 0.1) is 0 Å². The highest BCUT2D eigenvalue weighted by Crippen LogP contribution is 1.99. The molecule has 1 rings (SSSR count). The Labute approximate surface area is 118 Å². The maximum atomic E-state index is 11.5. The fraction of sp³-hybridized carbons (Fsp3) is 0.333. The van der Waals surface area contributed by atoms with Gasteiger partial charge in [-0.15, -0.1) is 0 Å². The van der Waals surface area contributed by atoms with Gasteiger partial charge in [0.2, 0.25) is 0 Å². The molecule has 0 radical (unpaired) electrons. The number of amides is 1. The van der Waals surface area contributed by atoms with E-state index in [2.05, 4.69) is 5.32 Å². The van der Waals surface area contributed by atoms with E-state index >= 15 is 0 Å². The van der Waals surface area contributed by atoms with E-state index in [0.717, 1.165) is 5.56 Å². The minimum atomic E-state index is -0.533. The van der Waals surface area contributed by atoms with Crippen molar-refractivity contribution >= 4 is 12.1 Å². The van der Waals surface area contributed by atoms with Crippen molar-refractivity contribution < 1.29 is 19.1 Å². The maximum absolute atomic E-state index is 11.5. The summed E-state index contributed by atoms with van der Waals surface area (Å²) in [5, 5.41) is 2.63. The van der Waals surface area contributed by atoms with Crippen LogP contribution in [0.3, 0.4) is 0 Å². The van der Waals surface area contributed by atoms with Gasteiger partial charge in [-0.1, -0.05) is 30.3 Å². The Balaban J connectivity index is 2.29. The van der Waals surface area contributed by atoms with E-state index in [4.69, 9.17) is 9.47 Å². The van der Waals surface area contributed by atoms with Crippen molar-refractivity contribution in [2.75, 3.05) is 6.61 Å². The van der Waals surface area contributed by atoms with Crippen molar-refractivity contribution in [1.82, 2.24) is 5.32 Å². The normalized spacial score (nSPS) is 11.9. The number of hydrogen-bond acceptors (Lipinski definition) is 4. The van der Waals surface area contributed by atoms with Crippen LogP contribution in [-0.2, 0) is 20.8 Å². The molecule has 1 aromatic rings. The number of hydrogen-bond donors (Lipinski definition) is 1. The van der Waals surface area contributed by atoms with E-state index in [-0.39, 0.29) is 0 Å². The number of esters is 1. The van der Waals surface area contributed by atoms with E-state index in [9.17, 15) is 9.59 Å². The van der Waals surface area contributed by atoms with Gasteiger partial charge in [0.1, 0.15) is 6.10 Å². The predicted octanol–water partition coefficient (Wildman–Crippen LogP) is 2.42. The second-order valence-electron chi connectivity index (χ2n) is 4.06. The molecule has 0 fully saturated rings. The van der Waals surface area contributed by atoms with Gasteiger partial charge in [-0.2, -0.15) is 0 Å². The molecule has 0 spiro atoms. The van der Waals surface area contributed by atoms with Crippen molar-refractivity contribution in [2.45, 2.75) is 26.5 Å². The third kappa shape index (κ3) is 6.58. The first-order chi connectivity index (χ1) is 9.61. The van der Waals surface area contributed by atoms with E-state index < -0.39 is 18.2 Å². The summed E-state index contributed by atoms with van der Waals surface area (Å²) in [7, 11) is 0. The Morgan fingerprint density at radius 3 is 2.65 bits per heavy atom. The molecule has 1 atom stereocenters. The molecule has 20 heavy (non-hydrogen) atoms. The van der Waals surface area contributed by atoms with Crippen LogP contribution in [0.5, 0.6) is 0 Å². The molecule has 1 aromatic carbocycles. The summed E-state index contributed by atoms with van der Waals surface area (Å²) in [4.78, 5) is 22.6. The summed E-state index contributed by atoms with van der Waals surface area (Å²) in [6.07, 6.45) is 1.68. The first kappa shape index (κ1) is 15.8. The first-order valence-corrected chi connectivity index (χ1v) is 6.45. The van der Waals surface area contributed by atoms with Gasteiger partial charge in [-0.25, -0.2) is 9.59 Å². The number of ether oxygens (including phenoxy) is 2. The quantitative estimate of drug-likeness (QED) is 0.640. The number of carbonyl (C=O) groups excluding carboxylic acids is 2. The van der Waals surface area contributed by atoms with Gasteiger partial charge in [0.15, 0.2) is 0 Å². The van der Waals surface area contributed by atoms with Gasteiger partial charge in [-0.3, -0.25) is 0 Å². The summed E-state index contributed by atoms with van der Waals surface area (Å²) < 4.78 is 9.78. The number of benzene rings is 1. The van der Waals surface area contributed by atoms with Crippen molar-refractivity contribution in [1.29, 1.82) is 0 Å². The van der Waals surface area contributed by atoms with Gasteiger partial charge >= 0.3 is 12.1 Å². The fourth-order valence-corrected chi connectivity index (χ4v) is 1.42. The largest absolute Gasteiger partial charge is 0.463 e. The molecule has 0 saturated carbocycles. The Hall–Kier alpha value is -2.30. The highest BCUT2D eigenvalue weighted by atomic mass is 16.6. The lowest BCUT2D eigenvalue weighted by Gasteiger charge is -2.10. The molecule has 5 heteroatoms. The lowest BCUT2D eigenvalue weighted by Crippen LogP contribution is -2.26. The van der Waals surface area contributed by atoms with Crippen LogP contribution < -0.4 is 5.32 Å². The highest BCUT2D eigenvalue weighted by molar-refractivity contribution is 5.82. The number of nitrogens with one attached hydrogen (secondary N) is 1. The topological polar surface area (TPSA) is 64.6 Å². The molecule has 0 heterocycles. The monoisotopic (exact) mass is 277 g/mol. The Morgan fingerprint density at radius 2 is 2.00 bits per heavy atom.